The predicted octanol–water partition coefficient (Wildman–Crippen LogP) is 0.627. The molecule has 2 nitrogen and oxygen atoms in total. The third kappa shape index (κ3) is 0.997. The van der Waals surface area contributed by atoms with E-state index < -0.39 is 0 Å². The third-order valence-corrected chi connectivity index (χ3v) is 1.59. The molecule has 1 amide bonds. The summed E-state index contributed by atoms with van der Waals surface area (Å²) in [6.07, 6.45) is 2.41. The molecule has 0 unspecified atom stereocenters. The molecule has 1 aliphatic carbocycles. The maximum atomic E-state index is 10.6. The molecule has 0 aromatic heterocycles. The minimum absolute atomic E-state index is 0.188. The lowest BCUT2D eigenvalue weighted by Gasteiger charge is -2.11. The van der Waals surface area contributed by atoms with E-state index in [2.05, 4.69) is 0 Å². The Bertz CT molecular complexity index is 107. The molecule has 1 rings (SSSR count). The number of carbonyl (C=O) groups excluding carboxylic acids is 1. The number of amides is 1. The zero-order valence-electron chi connectivity index (χ0n) is 5.35. The predicted molar refractivity (Wildman–Crippen MR) is 31.5 cm³/mol. The molecule has 0 aliphatic heterocycles. The van der Waals surface area contributed by atoms with Crippen LogP contribution in [0.3, 0.4) is 0 Å². The number of rotatable bonds is 1. The lowest BCUT2D eigenvalue weighted by molar-refractivity contribution is -0.128. The molecule has 2 heteroatoms. The first kappa shape index (κ1) is 5.60. The van der Waals surface area contributed by atoms with E-state index in [1.165, 1.54) is 12.8 Å². The summed E-state index contributed by atoms with van der Waals surface area (Å²) in [6.45, 7) is 1.61. The van der Waals surface area contributed by atoms with E-state index >= 15 is 0 Å². The van der Waals surface area contributed by atoms with Gasteiger partial charge >= 0.3 is 0 Å². The van der Waals surface area contributed by atoms with Gasteiger partial charge in [0, 0.05) is 20.0 Å². The largest absolute Gasteiger partial charge is 0.343 e. The van der Waals surface area contributed by atoms with Crippen molar-refractivity contribution in [3.05, 3.63) is 0 Å². The van der Waals surface area contributed by atoms with E-state index in [0.717, 1.165) is 0 Å². The second kappa shape index (κ2) is 1.77. The van der Waals surface area contributed by atoms with Gasteiger partial charge in [-0.05, 0) is 12.8 Å². The first-order valence-corrected chi connectivity index (χ1v) is 2.95. The van der Waals surface area contributed by atoms with E-state index in [1.54, 1.807) is 11.8 Å². The minimum atomic E-state index is 0.188. The minimum Gasteiger partial charge on any atom is -0.343 e. The summed E-state index contributed by atoms with van der Waals surface area (Å²) in [4.78, 5) is 12.4. The molecule has 0 bridgehead atoms. The molecule has 1 saturated carbocycles. The average Bonchev–Trinajstić information content (AvgIpc) is 2.43. The Kier molecular flexibility index (Phi) is 1.24. The molecule has 8 heavy (non-hydrogen) atoms. The van der Waals surface area contributed by atoms with Crippen molar-refractivity contribution in [1.82, 2.24) is 4.90 Å². The van der Waals surface area contributed by atoms with Crippen LogP contribution in [0.5, 0.6) is 0 Å². The van der Waals surface area contributed by atoms with Gasteiger partial charge in [0.1, 0.15) is 0 Å². The van der Waals surface area contributed by atoms with Gasteiger partial charge in [0.25, 0.3) is 0 Å². The molecule has 0 atom stereocenters. The zero-order chi connectivity index (χ0) is 6.15. The summed E-state index contributed by atoms with van der Waals surface area (Å²) in [5.74, 6) is 0.188. The van der Waals surface area contributed by atoms with Crippen LogP contribution in [-0.2, 0) is 4.79 Å². The van der Waals surface area contributed by atoms with Gasteiger partial charge in [-0.3, -0.25) is 4.79 Å². The quantitative estimate of drug-likeness (QED) is 0.488. The fourth-order valence-corrected chi connectivity index (χ4v) is 0.719. The molecular weight excluding hydrogens is 102 g/mol. The fourth-order valence-electron chi connectivity index (χ4n) is 0.719. The van der Waals surface area contributed by atoms with Crippen LogP contribution < -0.4 is 0 Å². The molecule has 1 aliphatic rings. The van der Waals surface area contributed by atoms with Crippen molar-refractivity contribution in [3.63, 3.8) is 0 Å². The first-order chi connectivity index (χ1) is 3.72. The van der Waals surface area contributed by atoms with Gasteiger partial charge in [-0.1, -0.05) is 0 Å². The van der Waals surface area contributed by atoms with Gasteiger partial charge in [0.15, 0.2) is 0 Å². The van der Waals surface area contributed by atoms with E-state index in [9.17, 15) is 4.79 Å². The van der Waals surface area contributed by atoms with Gasteiger partial charge in [0.05, 0.1) is 0 Å². The lowest BCUT2D eigenvalue weighted by atomic mass is 10.5. The van der Waals surface area contributed by atoms with Crippen LogP contribution >= 0.6 is 0 Å². The molecule has 0 spiro atoms. The maximum absolute atomic E-state index is 10.6. The van der Waals surface area contributed by atoms with E-state index in [1.807, 2.05) is 7.05 Å². The van der Waals surface area contributed by atoms with Crippen molar-refractivity contribution in [2.24, 2.45) is 0 Å². The second-order valence-corrected chi connectivity index (χ2v) is 2.36. The molecule has 0 aromatic carbocycles. The Hall–Kier alpha value is -0.530. The molecule has 0 aromatic rings. The van der Waals surface area contributed by atoms with Crippen molar-refractivity contribution in [3.8, 4) is 0 Å². The number of carbonyl (C=O) groups is 1. The Labute approximate surface area is 49.5 Å². The second-order valence-electron chi connectivity index (χ2n) is 2.36. The van der Waals surface area contributed by atoms with Crippen LogP contribution in [0.15, 0.2) is 0 Å². The Morgan fingerprint density at radius 2 is 2.12 bits per heavy atom. The van der Waals surface area contributed by atoms with Gasteiger partial charge in [-0.2, -0.15) is 0 Å². The highest BCUT2D eigenvalue weighted by Gasteiger charge is 2.27. The number of hydrogen-bond acceptors (Lipinski definition) is 1. The molecule has 0 saturated heterocycles. The van der Waals surface area contributed by atoms with Gasteiger partial charge in [0.2, 0.25) is 5.91 Å². The normalized spacial score (nSPS) is 18.2. The Balaban J connectivity index is 2.32. The van der Waals surface area contributed by atoms with Gasteiger partial charge in [-0.25, -0.2) is 0 Å². The molecule has 0 N–H and O–H groups in total. The van der Waals surface area contributed by atoms with Gasteiger partial charge in [-0.15, -0.1) is 0 Å². The summed E-state index contributed by atoms with van der Waals surface area (Å²) in [5, 5.41) is 0. The average molecular weight is 113 g/mol. The Morgan fingerprint density at radius 1 is 1.62 bits per heavy atom. The number of nitrogens with zero attached hydrogens (tertiary/aromatic N) is 1. The zero-order valence-corrected chi connectivity index (χ0v) is 5.35. The third-order valence-electron chi connectivity index (χ3n) is 1.59. The highest BCUT2D eigenvalue weighted by atomic mass is 16.2. The highest BCUT2D eigenvalue weighted by molar-refractivity contribution is 5.73. The van der Waals surface area contributed by atoms with E-state index in [0.29, 0.717) is 6.04 Å². The summed E-state index contributed by atoms with van der Waals surface area (Å²) < 4.78 is 0. The highest BCUT2D eigenvalue weighted by Crippen LogP contribution is 2.24. The SMILES string of the molecule is CC(=O)N(C)C1CC1. The maximum Gasteiger partial charge on any atom is 0.219 e. The van der Waals surface area contributed by atoms with Crippen LogP contribution in [0.1, 0.15) is 19.8 Å². The monoisotopic (exact) mass is 113 g/mol. The first-order valence-electron chi connectivity index (χ1n) is 2.95. The summed E-state index contributed by atoms with van der Waals surface area (Å²) in [6, 6.07) is 0.576. The van der Waals surface area contributed by atoms with Crippen molar-refractivity contribution >= 4 is 5.91 Å². The standard InChI is InChI=1S/C6H11NO/c1-5(8)7(2)6-3-4-6/h6H,3-4H2,1-2H3. The molecular formula is C6H11NO. The Morgan fingerprint density at radius 3 is 2.25 bits per heavy atom. The smallest absolute Gasteiger partial charge is 0.219 e. The van der Waals surface area contributed by atoms with Crippen LogP contribution in [-0.4, -0.2) is 23.9 Å². The molecule has 46 valence electrons. The van der Waals surface area contributed by atoms with Crippen LogP contribution in [0.4, 0.5) is 0 Å². The van der Waals surface area contributed by atoms with Crippen molar-refractivity contribution in [2.45, 2.75) is 25.8 Å². The summed E-state index contributed by atoms with van der Waals surface area (Å²) in [7, 11) is 1.86. The molecule has 0 radical (unpaired) electrons. The number of hydrogen-bond donors (Lipinski definition) is 0. The van der Waals surface area contributed by atoms with Crippen LogP contribution in [0.2, 0.25) is 0 Å². The molecule has 0 heterocycles. The van der Waals surface area contributed by atoms with Crippen molar-refractivity contribution < 1.29 is 4.79 Å². The summed E-state index contributed by atoms with van der Waals surface area (Å²) in [5.41, 5.74) is 0. The van der Waals surface area contributed by atoms with Gasteiger partial charge < -0.3 is 4.90 Å². The van der Waals surface area contributed by atoms with Crippen molar-refractivity contribution in [2.75, 3.05) is 7.05 Å². The van der Waals surface area contributed by atoms with E-state index in [-0.39, 0.29) is 5.91 Å². The van der Waals surface area contributed by atoms with Crippen LogP contribution in [0, 0.1) is 0 Å². The van der Waals surface area contributed by atoms with Crippen molar-refractivity contribution in [1.29, 1.82) is 0 Å². The van der Waals surface area contributed by atoms with Crippen LogP contribution in [0.25, 0.3) is 0 Å². The molecule has 1 fully saturated rings. The lowest BCUT2D eigenvalue weighted by Crippen LogP contribution is -2.25. The topological polar surface area (TPSA) is 20.3 Å². The summed E-state index contributed by atoms with van der Waals surface area (Å²) >= 11 is 0. The van der Waals surface area contributed by atoms with E-state index in [4.69, 9.17) is 0 Å². The fraction of sp³-hybridized carbons (Fsp3) is 0.833.